The summed E-state index contributed by atoms with van der Waals surface area (Å²) in [7, 11) is 0. The minimum atomic E-state index is -0.481. The van der Waals surface area contributed by atoms with Crippen molar-refractivity contribution in [3.8, 4) is 0 Å². The zero-order valence-corrected chi connectivity index (χ0v) is 20.2. The summed E-state index contributed by atoms with van der Waals surface area (Å²) in [6, 6.07) is 12.1. The van der Waals surface area contributed by atoms with Crippen LogP contribution in [0, 0.1) is 6.92 Å². The van der Waals surface area contributed by atoms with Gasteiger partial charge in [0, 0.05) is 23.5 Å². The Morgan fingerprint density at radius 3 is 2.44 bits per heavy atom. The van der Waals surface area contributed by atoms with E-state index in [-0.39, 0.29) is 24.1 Å². The van der Waals surface area contributed by atoms with Crippen LogP contribution >= 0.6 is 0 Å². The van der Waals surface area contributed by atoms with Crippen molar-refractivity contribution in [3.05, 3.63) is 99.2 Å². The molecule has 3 aromatic rings. The number of aromatic amines is 1. The molecule has 0 spiro atoms. The summed E-state index contributed by atoms with van der Waals surface area (Å²) in [6.45, 7) is 11.2. The molecule has 180 valence electrons. The second-order valence-electron chi connectivity index (χ2n) is 7.80. The number of primary amides is 1. The highest BCUT2D eigenvalue weighted by atomic mass is 16.2. The predicted molar refractivity (Wildman–Crippen MR) is 134 cm³/mol. The molecule has 1 unspecified atom stereocenters. The molecule has 4 N–H and O–H groups in total. The third kappa shape index (κ3) is 6.54. The summed E-state index contributed by atoms with van der Waals surface area (Å²) in [4.78, 5) is 37.6. The largest absolute Gasteiger partial charge is 0.366 e. The highest BCUT2D eigenvalue weighted by Gasteiger charge is 2.19. The van der Waals surface area contributed by atoms with Gasteiger partial charge in [-0.2, -0.15) is 5.10 Å². The van der Waals surface area contributed by atoms with Gasteiger partial charge in [0.2, 0.25) is 5.91 Å². The van der Waals surface area contributed by atoms with Crippen LogP contribution in [0.2, 0.25) is 0 Å². The average Bonchev–Trinajstić information content (AvgIpc) is 3.24. The van der Waals surface area contributed by atoms with Crippen LogP contribution in [0.1, 0.15) is 65.2 Å². The molecule has 2 amide bonds. The maximum absolute atomic E-state index is 12.8. The number of carbonyl (C=O) groups is 2. The van der Waals surface area contributed by atoms with Gasteiger partial charge in [0.15, 0.2) is 0 Å². The van der Waals surface area contributed by atoms with Crippen molar-refractivity contribution in [2.24, 2.45) is 5.73 Å². The summed E-state index contributed by atoms with van der Waals surface area (Å²) in [5, 5.41) is 7.32. The molecule has 0 aliphatic carbocycles. The van der Waals surface area contributed by atoms with Crippen molar-refractivity contribution in [1.29, 1.82) is 0 Å². The molecule has 0 radical (unpaired) electrons. The first kappa shape index (κ1) is 26.3. The fraction of sp³-hybridized carbons (Fsp3) is 0.308. The second kappa shape index (κ2) is 12.3. The summed E-state index contributed by atoms with van der Waals surface area (Å²) < 4.78 is 1.85. The van der Waals surface area contributed by atoms with E-state index in [2.05, 4.69) is 34.6 Å². The molecule has 1 aromatic carbocycles. The van der Waals surface area contributed by atoms with Gasteiger partial charge in [-0.15, -0.1) is 0 Å². The van der Waals surface area contributed by atoms with Crippen LogP contribution in [0.15, 0.2) is 60.0 Å². The summed E-state index contributed by atoms with van der Waals surface area (Å²) in [6.07, 6.45) is 4.16. The number of aromatic nitrogens is 3. The van der Waals surface area contributed by atoms with Crippen molar-refractivity contribution in [1.82, 2.24) is 20.1 Å². The molecule has 34 heavy (non-hydrogen) atoms. The number of nitrogens with zero attached hydrogens (tertiary/aromatic N) is 2. The summed E-state index contributed by atoms with van der Waals surface area (Å²) >= 11 is 0. The predicted octanol–water partition coefficient (Wildman–Crippen LogP) is 3.20. The van der Waals surface area contributed by atoms with Gasteiger partial charge in [0.1, 0.15) is 0 Å². The number of carbonyl (C=O) groups excluding carboxylic acids is 2. The number of hydrogen-bond acceptors (Lipinski definition) is 4. The Bertz CT molecular complexity index is 1190. The highest BCUT2D eigenvalue weighted by molar-refractivity contribution is 5.95. The molecular formula is C26H33N5O3. The molecular weight excluding hydrogens is 430 g/mol. The van der Waals surface area contributed by atoms with Crippen LogP contribution in [0.4, 0.5) is 0 Å². The molecule has 0 bridgehead atoms. The molecule has 3 rings (SSSR count). The number of aryl methyl sites for hydroxylation is 2. The quantitative estimate of drug-likeness (QED) is 0.444. The van der Waals surface area contributed by atoms with Crippen molar-refractivity contribution in [2.75, 3.05) is 0 Å². The van der Waals surface area contributed by atoms with Gasteiger partial charge < -0.3 is 16.0 Å². The smallest absolute Gasteiger partial charge is 0.255 e. The average molecular weight is 464 g/mol. The van der Waals surface area contributed by atoms with Crippen LogP contribution in [0.3, 0.4) is 0 Å². The molecule has 8 heteroatoms. The van der Waals surface area contributed by atoms with Gasteiger partial charge in [-0.3, -0.25) is 19.1 Å². The Balaban J connectivity index is 0.000000739. The lowest BCUT2D eigenvalue weighted by Gasteiger charge is -2.15. The minimum Gasteiger partial charge on any atom is -0.366 e. The molecule has 2 aromatic heterocycles. The lowest BCUT2D eigenvalue weighted by atomic mass is 10.1. The van der Waals surface area contributed by atoms with E-state index in [1.54, 1.807) is 6.20 Å². The van der Waals surface area contributed by atoms with Gasteiger partial charge in [0.25, 0.3) is 11.5 Å². The van der Waals surface area contributed by atoms with Crippen molar-refractivity contribution >= 4 is 11.8 Å². The standard InChI is InChI=1S/C23H28N4O2.C3H5NO/c1-5-17-12-19(6-2)26-23(29)21(17)13-24-22(28)20-14-25-27(16(20)4)15(3)18-10-8-7-9-11-18;1-2-3(4)5/h7-12,14-15H,5-6,13H2,1-4H3,(H,24,28)(H,26,29);2H,1H2,(H2,4,5). The SMILES string of the molecule is C=CC(N)=O.CCc1cc(CC)c(CNC(=O)c2cnn(C(C)c3ccccc3)c2C)c(=O)[nH]1. The van der Waals surface area contributed by atoms with Crippen molar-refractivity contribution in [2.45, 2.75) is 53.1 Å². The first-order chi connectivity index (χ1) is 16.2. The van der Waals surface area contributed by atoms with E-state index in [9.17, 15) is 14.4 Å². The highest BCUT2D eigenvalue weighted by Crippen LogP contribution is 2.20. The van der Waals surface area contributed by atoms with Crippen LogP contribution in [-0.4, -0.2) is 26.6 Å². The van der Waals surface area contributed by atoms with E-state index in [0.717, 1.165) is 41.4 Å². The Kier molecular flexibility index (Phi) is 9.55. The van der Waals surface area contributed by atoms with E-state index in [0.29, 0.717) is 11.1 Å². The Hall–Kier alpha value is -3.94. The van der Waals surface area contributed by atoms with E-state index in [1.807, 2.05) is 61.9 Å². The fourth-order valence-electron chi connectivity index (χ4n) is 3.57. The normalized spacial score (nSPS) is 11.2. The number of nitrogens with two attached hydrogens (primary N) is 1. The molecule has 2 heterocycles. The third-order valence-electron chi connectivity index (χ3n) is 5.61. The third-order valence-corrected chi connectivity index (χ3v) is 5.61. The number of rotatable bonds is 8. The maximum Gasteiger partial charge on any atom is 0.255 e. The molecule has 0 fully saturated rings. The topological polar surface area (TPSA) is 123 Å². The zero-order chi connectivity index (χ0) is 25.3. The number of nitrogens with one attached hydrogen (secondary N) is 2. The first-order valence-corrected chi connectivity index (χ1v) is 11.3. The van der Waals surface area contributed by atoms with Crippen LogP contribution < -0.4 is 16.6 Å². The summed E-state index contributed by atoms with van der Waals surface area (Å²) in [5.41, 5.74) is 9.34. The number of H-pyrrole nitrogens is 1. The van der Waals surface area contributed by atoms with Gasteiger partial charge in [0.05, 0.1) is 17.8 Å². The van der Waals surface area contributed by atoms with Crippen molar-refractivity contribution < 1.29 is 9.59 Å². The molecule has 0 saturated carbocycles. The van der Waals surface area contributed by atoms with Gasteiger partial charge in [-0.1, -0.05) is 50.8 Å². The van der Waals surface area contributed by atoms with Gasteiger partial charge >= 0.3 is 0 Å². The van der Waals surface area contributed by atoms with Gasteiger partial charge in [-0.25, -0.2) is 0 Å². The van der Waals surface area contributed by atoms with Crippen LogP contribution in [0.25, 0.3) is 0 Å². The van der Waals surface area contributed by atoms with Crippen molar-refractivity contribution in [3.63, 3.8) is 0 Å². The number of pyridine rings is 1. The second-order valence-corrected chi connectivity index (χ2v) is 7.80. The summed E-state index contributed by atoms with van der Waals surface area (Å²) in [5.74, 6) is -0.708. The van der Waals surface area contributed by atoms with Gasteiger partial charge in [-0.05, 0) is 50.0 Å². The van der Waals surface area contributed by atoms with E-state index in [1.165, 1.54) is 0 Å². The Morgan fingerprint density at radius 2 is 1.88 bits per heavy atom. The zero-order valence-electron chi connectivity index (χ0n) is 20.2. The van der Waals surface area contributed by atoms with E-state index < -0.39 is 5.91 Å². The first-order valence-electron chi connectivity index (χ1n) is 11.3. The molecule has 0 saturated heterocycles. The lowest BCUT2D eigenvalue weighted by molar-refractivity contribution is -0.113. The fourth-order valence-corrected chi connectivity index (χ4v) is 3.57. The number of hydrogen-bond donors (Lipinski definition) is 3. The molecule has 0 aliphatic heterocycles. The number of benzene rings is 1. The number of amides is 2. The lowest BCUT2D eigenvalue weighted by Crippen LogP contribution is -2.29. The molecule has 8 nitrogen and oxygen atoms in total. The molecule has 0 aliphatic rings. The minimum absolute atomic E-state index is 0.0221. The van der Waals surface area contributed by atoms with E-state index in [4.69, 9.17) is 0 Å². The van der Waals surface area contributed by atoms with Crippen LogP contribution in [0.5, 0.6) is 0 Å². The van der Waals surface area contributed by atoms with E-state index >= 15 is 0 Å². The monoisotopic (exact) mass is 463 g/mol. The Morgan fingerprint density at radius 1 is 1.24 bits per heavy atom. The van der Waals surface area contributed by atoms with Crippen LogP contribution in [-0.2, 0) is 24.2 Å². The maximum atomic E-state index is 12.8. The Labute approximate surface area is 199 Å². The molecule has 1 atom stereocenters.